The van der Waals surface area contributed by atoms with E-state index in [9.17, 15) is 19.6 Å². The Balaban J connectivity index is 1.93. The number of amides is 2. The molecule has 0 aliphatic heterocycles. The van der Waals surface area contributed by atoms with Gasteiger partial charge in [-0.15, -0.1) is 0 Å². The number of esters is 1. The van der Waals surface area contributed by atoms with Crippen molar-refractivity contribution in [3.63, 3.8) is 0 Å². The molecule has 0 unspecified atom stereocenters. The minimum Gasteiger partial charge on any atom is -0.618 e. The van der Waals surface area contributed by atoms with E-state index in [4.69, 9.17) is 9.47 Å². The summed E-state index contributed by atoms with van der Waals surface area (Å²) in [6.45, 7) is -0.700. The molecule has 2 amide bonds. The lowest BCUT2D eigenvalue weighted by Crippen LogP contribution is -2.37. The lowest BCUT2D eigenvalue weighted by atomic mass is 10.2. The number of aromatic nitrogens is 1. The third-order valence-electron chi connectivity index (χ3n) is 2.97. The molecule has 124 valence electrons. The summed E-state index contributed by atoms with van der Waals surface area (Å²) >= 11 is 0. The molecule has 1 heterocycles. The van der Waals surface area contributed by atoms with Crippen LogP contribution < -0.4 is 14.8 Å². The molecular formula is C16H14N2O6. The molecule has 2 aromatic rings. The van der Waals surface area contributed by atoms with Crippen molar-refractivity contribution in [3.05, 3.63) is 65.1 Å². The van der Waals surface area contributed by atoms with Crippen LogP contribution in [-0.4, -0.2) is 31.5 Å². The fraction of sp³-hybridized carbons (Fsp3) is 0.125. The first kappa shape index (κ1) is 16.9. The van der Waals surface area contributed by atoms with E-state index < -0.39 is 24.4 Å². The number of nitrogens with zero attached hydrogens (tertiary/aromatic N) is 1. The van der Waals surface area contributed by atoms with Crippen molar-refractivity contribution in [1.29, 1.82) is 0 Å². The van der Waals surface area contributed by atoms with E-state index in [-0.39, 0.29) is 11.3 Å². The van der Waals surface area contributed by atoms with Crippen molar-refractivity contribution in [2.45, 2.75) is 0 Å². The molecule has 2 rings (SSSR count). The first-order valence-electron chi connectivity index (χ1n) is 6.85. The van der Waals surface area contributed by atoms with Crippen LogP contribution in [0, 0.1) is 5.21 Å². The maximum atomic E-state index is 12.0. The van der Waals surface area contributed by atoms with Crippen LogP contribution in [0.1, 0.15) is 20.8 Å². The van der Waals surface area contributed by atoms with Gasteiger partial charge < -0.3 is 14.7 Å². The molecule has 1 N–H and O–H groups in total. The average molecular weight is 330 g/mol. The molecule has 0 aliphatic rings. The van der Waals surface area contributed by atoms with Crippen LogP contribution in [0.15, 0.2) is 48.7 Å². The number of benzene rings is 1. The Labute approximate surface area is 137 Å². The molecule has 0 atom stereocenters. The first-order chi connectivity index (χ1) is 11.5. The van der Waals surface area contributed by atoms with E-state index in [1.165, 1.54) is 31.4 Å². The molecule has 1 aromatic carbocycles. The second-order valence-electron chi connectivity index (χ2n) is 4.57. The maximum Gasteiger partial charge on any atom is 0.405 e. The SMILES string of the molecule is COc1ccccc1C(=O)NC(=O)COC(=O)c1cccc[n+]1[O-]. The molecule has 0 aliphatic carbocycles. The van der Waals surface area contributed by atoms with Crippen molar-refractivity contribution < 1.29 is 28.6 Å². The van der Waals surface area contributed by atoms with E-state index >= 15 is 0 Å². The number of ether oxygens (including phenoxy) is 2. The zero-order valence-corrected chi connectivity index (χ0v) is 12.7. The lowest BCUT2D eigenvalue weighted by molar-refractivity contribution is -0.608. The van der Waals surface area contributed by atoms with E-state index in [1.807, 2.05) is 0 Å². The number of rotatable bonds is 5. The summed E-state index contributed by atoms with van der Waals surface area (Å²) in [5.41, 5.74) is -0.0958. The highest BCUT2D eigenvalue weighted by Crippen LogP contribution is 2.16. The Morgan fingerprint density at radius 3 is 2.54 bits per heavy atom. The predicted molar refractivity (Wildman–Crippen MR) is 81.2 cm³/mol. The Bertz CT molecular complexity index is 775. The van der Waals surface area contributed by atoms with Gasteiger partial charge in [0.05, 0.1) is 12.7 Å². The number of imide groups is 1. The Morgan fingerprint density at radius 2 is 1.83 bits per heavy atom. The van der Waals surface area contributed by atoms with Crippen LogP contribution in [-0.2, 0) is 9.53 Å². The van der Waals surface area contributed by atoms with E-state index in [1.54, 1.807) is 18.2 Å². The first-order valence-corrected chi connectivity index (χ1v) is 6.85. The third-order valence-corrected chi connectivity index (χ3v) is 2.97. The number of nitrogens with one attached hydrogen (secondary N) is 1. The van der Waals surface area contributed by atoms with Crippen LogP contribution in [0.3, 0.4) is 0 Å². The topological polar surface area (TPSA) is 109 Å². The van der Waals surface area contributed by atoms with Crippen LogP contribution in [0.5, 0.6) is 5.75 Å². The Hall–Kier alpha value is -3.42. The molecule has 0 radical (unpaired) electrons. The van der Waals surface area contributed by atoms with Crippen molar-refractivity contribution >= 4 is 17.8 Å². The van der Waals surface area contributed by atoms with Gasteiger partial charge in [-0.2, -0.15) is 4.73 Å². The van der Waals surface area contributed by atoms with E-state index in [0.29, 0.717) is 10.5 Å². The van der Waals surface area contributed by atoms with Gasteiger partial charge in [0.1, 0.15) is 5.75 Å². The van der Waals surface area contributed by atoms with Gasteiger partial charge in [-0.25, -0.2) is 4.79 Å². The molecule has 0 saturated carbocycles. The zero-order valence-electron chi connectivity index (χ0n) is 12.7. The molecule has 8 heteroatoms. The standard InChI is InChI=1S/C16H14N2O6/c1-23-13-8-3-2-6-11(13)15(20)17-14(19)10-24-16(21)12-7-4-5-9-18(12)22/h2-9H,10H2,1H3,(H,17,19,20). The van der Waals surface area contributed by atoms with Gasteiger partial charge in [0.15, 0.2) is 12.8 Å². The van der Waals surface area contributed by atoms with Gasteiger partial charge in [-0.3, -0.25) is 14.9 Å². The van der Waals surface area contributed by atoms with Gasteiger partial charge in [0, 0.05) is 12.1 Å². The minimum atomic E-state index is -0.967. The molecule has 24 heavy (non-hydrogen) atoms. The van der Waals surface area contributed by atoms with Gasteiger partial charge >= 0.3 is 11.7 Å². The van der Waals surface area contributed by atoms with Crippen molar-refractivity contribution in [2.75, 3.05) is 13.7 Å². The highest BCUT2D eigenvalue weighted by atomic mass is 16.5. The monoisotopic (exact) mass is 330 g/mol. The number of carbonyl (C=O) groups is 3. The summed E-state index contributed by atoms with van der Waals surface area (Å²) in [7, 11) is 1.40. The van der Waals surface area contributed by atoms with E-state index in [0.717, 1.165) is 6.20 Å². The summed E-state index contributed by atoms with van der Waals surface area (Å²) < 4.78 is 10.1. The number of methoxy groups -OCH3 is 1. The normalized spacial score (nSPS) is 9.88. The second kappa shape index (κ2) is 7.73. The fourth-order valence-electron chi connectivity index (χ4n) is 1.85. The number of hydrogen-bond donors (Lipinski definition) is 1. The molecule has 8 nitrogen and oxygen atoms in total. The molecule has 0 saturated heterocycles. The summed E-state index contributed by atoms with van der Waals surface area (Å²) in [5.74, 6) is -2.18. The minimum absolute atomic E-state index is 0.167. The van der Waals surface area contributed by atoms with Crippen LogP contribution >= 0.6 is 0 Å². The smallest absolute Gasteiger partial charge is 0.405 e. The Kier molecular flexibility index (Phi) is 5.45. The van der Waals surface area contributed by atoms with Crippen molar-refractivity contribution in [3.8, 4) is 5.75 Å². The highest BCUT2D eigenvalue weighted by molar-refractivity contribution is 6.06. The average Bonchev–Trinajstić information content (AvgIpc) is 2.60. The number of carbonyl (C=O) groups excluding carboxylic acids is 3. The molecular weight excluding hydrogens is 316 g/mol. The van der Waals surface area contributed by atoms with Gasteiger partial charge in [-0.1, -0.05) is 12.1 Å². The van der Waals surface area contributed by atoms with Crippen molar-refractivity contribution in [1.82, 2.24) is 5.32 Å². The molecule has 0 spiro atoms. The fourth-order valence-corrected chi connectivity index (χ4v) is 1.85. The number of para-hydroxylation sites is 1. The van der Waals surface area contributed by atoms with Gasteiger partial charge in [0.2, 0.25) is 0 Å². The highest BCUT2D eigenvalue weighted by Gasteiger charge is 2.20. The van der Waals surface area contributed by atoms with Crippen LogP contribution in [0.4, 0.5) is 0 Å². The summed E-state index contributed by atoms with van der Waals surface area (Å²) in [6.07, 6.45) is 1.13. The molecule has 0 bridgehead atoms. The van der Waals surface area contributed by atoms with Crippen molar-refractivity contribution in [2.24, 2.45) is 0 Å². The summed E-state index contributed by atoms with van der Waals surface area (Å²) in [4.78, 5) is 35.4. The predicted octanol–water partition coefficient (Wildman–Crippen LogP) is 0.442. The largest absolute Gasteiger partial charge is 0.618 e. The number of hydrogen-bond acceptors (Lipinski definition) is 6. The lowest BCUT2D eigenvalue weighted by Gasteiger charge is -2.08. The zero-order chi connectivity index (χ0) is 17.5. The molecule has 1 aromatic heterocycles. The van der Waals surface area contributed by atoms with Crippen LogP contribution in [0.25, 0.3) is 0 Å². The van der Waals surface area contributed by atoms with Gasteiger partial charge in [0.25, 0.3) is 11.8 Å². The quantitative estimate of drug-likeness (QED) is 0.484. The second-order valence-corrected chi connectivity index (χ2v) is 4.57. The van der Waals surface area contributed by atoms with E-state index in [2.05, 4.69) is 5.32 Å². The third kappa shape index (κ3) is 4.07. The Morgan fingerprint density at radius 1 is 1.12 bits per heavy atom. The summed E-state index contributed by atoms with van der Waals surface area (Å²) in [5, 5.41) is 13.5. The molecule has 0 fully saturated rings. The summed E-state index contributed by atoms with van der Waals surface area (Å²) in [6, 6.07) is 10.5. The maximum absolute atomic E-state index is 12.0. The number of pyridine rings is 1. The van der Waals surface area contributed by atoms with Gasteiger partial charge in [-0.05, 0) is 18.2 Å². The van der Waals surface area contributed by atoms with Crippen LogP contribution in [0.2, 0.25) is 0 Å².